The molecule has 24 aromatic rings. The molecule has 6 heterocycles. The molecule has 0 saturated heterocycles. The van der Waals surface area contributed by atoms with Crippen LogP contribution in [0.25, 0.3) is 233 Å². The molecule has 6 aromatic heterocycles. The zero-order valence-corrected chi connectivity index (χ0v) is 65.8. The van der Waals surface area contributed by atoms with Crippen LogP contribution in [-0.4, -0.2) is 39.0 Å². The van der Waals surface area contributed by atoms with Gasteiger partial charge in [-0.1, -0.05) is 287 Å². The molecule has 0 radical (unpaired) electrons. The first kappa shape index (κ1) is 69.3. The summed E-state index contributed by atoms with van der Waals surface area (Å²) >= 11 is 0. The van der Waals surface area contributed by atoms with E-state index in [-0.39, 0.29) is 5.41 Å². The lowest BCUT2D eigenvalue weighted by Crippen LogP contribution is -2.15. The van der Waals surface area contributed by atoms with Crippen LogP contribution in [0.2, 0.25) is 0 Å². The van der Waals surface area contributed by atoms with Crippen LogP contribution in [0.1, 0.15) is 25.0 Å². The monoisotopic (exact) mass is 1550 g/mol. The highest BCUT2D eigenvalue weighted by Gasteiger charge is 2.36. The maximum atomic E-state index is 6.59. The molecular weight excluding hydrogens is 1480 g/mol. The van der Waals surface area contributed by atoms with Crippen LogP contribution in [-0.2, 0) is 5.41 Å². The highest BCUT2D eigenvalue weighted by molar-refractivity contribution is 6.26. The molecule has 25 rings (SSSR count). The van der Waals surface area contributed by atoms with Gasteiger partial charge < -0.3 is 18.0 Å². The van der Waals surface area contributed by atoms with E-state index >= 15 is 0 Å². The molecule has 10 heteroatoms. The molecule has 0 N–H and O–H groups in total. The fourth-order valence-electron chi connectivity index (χ4n) is 18.9. The van der Waals surface area contributed by atoms with E-state index in [2.05, 4.69) is 344 Å². The minimum Gasteiger partial charge on any atom is -0.456 e. The van der Waals surface area contributed by atoms with Crippen molar-refractivity contribution in [3.8, 4) is 113 Å². The van der Waals surface area contributed by atoms with Gasteiger partial charge in [-0.3, -0.25) is 0 Å². The molecule has 0 bridgehead atoms. The van der Waals surface area contributed by atoms with Gasteiger partial charge in [-0.05, 0) is 192 Å². The van der Waals surface area contributed by atoms with E-state index in [1.807, 2.05) is 66.7 Å². The van der Waals surface area contributed by atoms with Gasteiger partial charge in [0.2, 0.25) is 0 Å². The Morgan fingerprint density at radius 1 is 0.198 bits per heavy atom. The van der Waals surface area contributed by atoms with E-state index in [1.54, 1.807) is 0 Å². The summed E-state index contributed by atoms with van der Waals surface area (Å²) in [5, 5.41) is 16.5. The van der Waals surface area contributed by atoms with Gasteiger partial charge in [0, 0.05) is 93.3 Å². The Labute approximate surface area is 694 Å². The summed E-state index contributed by atoms with van der Waals surface area (Å²) in [4.78, 5) is 30.8. The zero-order chi connectivity index (χ0) is 80.0. The van der Waals surface area contributed by atoms with E-state index in [9.17, 15) is 0 Å². The third-order valence-corrected chi connectivity index (χ3v) is 24.7. The zero-order valence-electron chi connectivity index (χ0n) is 65.8. The standard InChI is InChI=1S/C57H35N5O.C54H35N3O/c1-4-15-36(16-5-1)55-58-56(60-57(59-55)45-23-14-26-51-54(45)44-22-11-13-25-49(44)62(51)41-19-8-3-9-20-41)39-27-30-43-47-34-38(29-32-52(47)63-53(43)35-39)37-28-31-50-46(33-37)42-21-10-12-24-48(42)61(50)40-17-6-2-7-18-40;1-54(2)47-19-11-10-18-42(47)43-25-21-35(30-48(43)54)52-55-51(32-12-4-3-5-13-32)56-53(57-52)36-22-26-44-46-29-34(23-27-49(46)58-50(44)31-36)33-20-24-41-39-16-7-6-14-37(39)38-15-8-9-17-40(38)45(41)28-33/h1-35H;3-31H,1-2H3. The third-order valence-electron chi connectivity index (χ3n) is 24.7. The molecule has 10 nitrogen and oxygen atoms in total. The lowest BCUT2D eigenvalue weighted by molar-refractivity contribution is 0.660. The largest absolute Gasteiger partial charge is 0.456 e. The number of benzene rings is 18. The first-order valence-electron chi connectivity index (χ1n) is 41.0. The molecule has 18 aromatic carbocycles. The predicted molar refractivity (Wildman–Crippen MR) is 496 cm³/mol. The number of aromatic nitrogens is 8. The summed E-state index contributed by atoms with van der Waals surface area (Å²) in [6.07, 6.45) is 0. The number of hydrogen-bond acceptors (Lipinski definition) is 8. The lowest BCUT2D eigenvalue weighted by Gasteiger charge is -2.21. The maximum Gasteiger partial charge on any atom is 0.164 e. The van der Waals surface area contributed by atoms with Gasteiger partial charge >= 0.3 is 0 Å². The van der Waals surface area contributed by atoms with Gasteiger partial charge in [-0.25, -0.2) is 29.9 Å². The second-order valence-electron chi connectivity index (χ2n) is 32.0. The number of hydrogen-bond donors (Lipinski definition) is 0. The Morgan fingerprint density at radius 2 is 0.554 bits per heavy atom. The van der Waals surface area contributed by atoms with Crippen LogP contribution >= 0.6 is 0 Å². The van der Waals surface area contributed by atoms with Gasteiger partial charge in [0.25, 0.3) is 0 Å². The SMILES string of the molecule is CC1(C)c2ccccc2-c2ccc(-c3nc(-c4ccccc4)nc(-c4ccc5c(c4)oc4ccc(-c6ccc7c8ccccc8c8ccccc8c7c6)cc45)n3)cc21.c1ccc(-c2nc(-c3ccc4c(c3)oc3ccc(-c5ccc6c(c5)c5ccccc5n6-c5ccccc5)cc34)nc(-c3cccc4c3c3ccccc3n4-c3ccccc3)n2)cc1. The van der Waals surface area contributed by atoms with Gasteiger partial charge in [0.1, 0.15) is 22.3 Å². The van der Waals surface area contributed by atoms with Crippen molar-refractivity contribution in [1.29, 1.82) is 0 Å². The Hall–Kier alpha value is -16.0. The molecule has 121 heavy (non-hydrogen) atoms. The highest BCUT2D eigenvalue weighted by atomic mass is 16.3. The second-order valence-corrected chi connectivity index (χ2v) is 32.0. The van der Waals surface area contributed by atoms with Gasteiger partial charge in [-0.2, -0.15) is 0 Å². The summed E-state index contributed by atoms with van der Waals surface area (Å²) in [5.74, 6) is 3.67. The molecule has 1 aliphatic carbocycles. The molecule has 0 amide bonds. The maximum absolute atomic E-state index is 6.59. The number of rotatable bonds is 10. The number of nitrogens with zero attached hydrogens (tertiary/aromatic N) is 8. The average molecular weight is 1550 g/mol. The molecule has 0 atom stereocenters. The van der Waals surface area contributed by atoms with Crippen LogP contribution in [0.5, 0.6) is 0 Å². The van der Waals surface area contributed by atoms with Crippen LogP contribution in [0.3, 0.4) is 0 Å². The second kappa shape index (κ2) is 27.6. The molecule has 0 fully saturated rings. The topological polar surface area (TPSA) is 113 Å². The Kier molecular flexibility index (Phi) is 15.8. The minimum atomic E-state index is -0.135. The van der Waals surface area contributed by atoms with Crippen LogP contribution in [0.15, 0.2) is 397 Å². The summed E-state index contributed by atoms with van der Waals surface area (Å²) in [6, 6.07) is 137. The first-order chi connectivity index (χ1) is 59.7. The van der Waals surface area contributed by atoms with Crippen molar-refractivity contribution in [1.82, 2.24) is 39.0 Å². The van der Waals surface area contributed by atoms with Crippen LogP contribution in [0.4, 0.5) is 0 Å². The smallest absolute Gasteiger partial charge is 0.164 e. The number of fused-ring (bicyclic) bond motifs is 21. The number of para-hydroxylation sites is 4. The molecule has 0 saturated carbocycles. The quantitative estimate of drug-likeness (QED) is 0.124. The van der Waals surface area contributed by atoms with Gasteiger partial charge in [0.15, 0.2) is 34.9 Å². The Balaban J connectivity index is 0.000000138. The van der Waals surface area contributed by atoms with Crippen molar-refractivity contribution in [2.75, 3.05) is 0 Å². The van der Waals surface area contributed by atoms with Crippen molar-refractivity contribution in [2.24, 2.45) is 0 Å². The molecular formula is C111H70N8O2. The summed E-state index contributed by atoms with van der Waals surface area (Å²) < 4.78 is 17.8. The lowest BCUT2D eigenvalue weighted by atomic mass is 9.82. The van der Waals surface area contributed by atoms with Crippen molar-refractivity contribution in [3.05, 3.63) is 399 Å². The molecule has 1 aliphatic rings. The van der Waals surface area contributed by atoms with Crippen molar-refractivity contribution in [3.63, 3.8) is 0 Å². The fourth-order valence-corrected chi connectivity index (χ4v) is 18.9. The summed E-state index contributed by atoms with van der Waals surface area (Å²) in [6.45, 7) is 4.60. The summed E-state index contributed by atoms with van der Waals surface area (Å²) in [5.41, 5.74) is 25.2. The van der Waals surface area contributed by atoms with E-state index in [1.165, 1.54) is 81.9 Å². The normalized spacial score (nSPS) is 12.4. The Bertz CT molecular complexity index is 8340. The van der Waals surface area contributed by atoms with Gasteiger partial charge in [-0.15, -0.1) is 0 Å². The highest BCUT2D eigenvalue weighted by Crippen LogP contribution is 2.51. The van der Waals surface area contributed by atoms with Crippen molar-refractivity contribution in [2.45, 2.75) is 19.3 Å². The predicted octanol–water partition coefficient (Wildman–Crippen LogP) is 28.8. The van der Waals surface area contributed by atoms with E-state index < -0.39 is 0 Å². The van der Waals surface area contributed by atoms with Gasteiger partial charge in [0.05, 0.1) is 22.1 Å². The number of furan rings is 2. The third kappa shape index (κ3) is 11.4. The molecule has 566 valence electrons. The minimum absolute atomic E-state index is 0.135. The Morgan fingerprint density at radius 3 is 1.12 bits per heavy atom. The van der Waals surface area contributed by atoms with Crippen molar-refractivity contribution < 1.29 is 8.83 Å². The van der Waals surface area contributed by atoms with Crippen LogP contribution < -0.4 is 0 Å². The van der Waals surface area contributed by atoms with E-state index in [0.717, 1.165) is 127 Å². The molecule has 0 unspecified atom stereocenters. The fraction of sp³-hybridized carbons (Fsp3) is 0.0270. The van der Waals surface area contributed by atoms with Crippen molar-refractivity contribution >= 4 is 120 Å². The van der Waals surface area contributed by atoms with E-state index in [0.29, 0.717) is 34.9 Å². The first-order valence-corrected chi connectivity index (χ1v) is 41.0. The van der Waals surface area contributed by atoms with E-state index in [4.69, 9.17) is 38.7 Å². The van der Waals surface area contributed by atoms with Crippen LogP contribution in [0, 0.1) is 0 Å². The average Bonchev–Trinajstić information content (AvgIpc) is 1.47. The molecule has 0 spiro atoms. The molecule has 0 aliphatic heterocycles. The summed E-state index contributed by atoms with van der Waals surface area (Å²) in [7, 11) is 0.